The maximum Gasteiger partial charge on any atom is 0.354 e. The van der Waals surface area contributed by atoms with Gasteiger partial charge in [-0.25, -0.2) is 9.78 Å². The van der Waals surface area contributed by atoms with E-state index >= 15 is 0 Å². The van der Waals surface area contributed by atoms with Crippen molar-refractivity contribution >= 4 is 29.4 Å². The Hall–Kier alpha value is -4.98. The quantitative estimate of drug-likeness (QED) is 0.131. The molecule has 0 spiro atoms. The predicted octanol–water partition coefficient (Wildman–Crippen LogP) is 4.87. The number of ketones is 1. The molecule has 1 fully saturated rings. The van der Waals surface area contributed by atoms with Crippen molar-refractivity contribution in [3.8, 4) is 11.8 Å². The molecule has 13 nitrogen and oxygen atoms in total. The summed E-state index contributed by atoms with van der Waals surface area (Å²) in [7, 11) is 0. The number of Topliss-reactive ketones (excluding diaryl/α,β-unsaturated/α-hetero) is 1. The molecule has 2 aromatic carbocycles. The van der Waals surface area contributed by atoms with Gasteiger partial charge in [0.15, 0.2) is 0 Å². The summed E-state index contributed by atoms with van der Waals surface area (Å²) in [5.74, 6) is 6.31. The van der Waals surface area contributed by atoms with Crippen molar-refractivity contribution < 1.29 is 38.4 Å². The maximum atomic E-state index is 13.7. The van der Waals surface area contributed by atoms with E-state index in [1.165, 1.54) is 6.07 Å². The highest BCUT2D eigenvalue weighted by molar-refractivity contribution is 7.99. The van der Waals surface area contributed by atoms with Gasteiger partial charge in [-0.05, 0) is 53.9 Å². The summed E-state index contributed by atoms with van der Waals surface area (Å²) in [6.45, 7) is 7.38. The van der Waals surface area contributed by atoms with Crippen LogP contribution in [0.3, 0.4) is 0 Å². The fraction of sp³-hybridized carbons (Fsp3) is 0.438. The van der Waals surface area contributed by atoms with Crippen molar-refractivity contribution in [1.82, 2.24) is 25.1 Å². The molecule has 2 N–H and O–H groups in total. The van der Waals surface area contributed by atoms with E-state index in [4.69, 9.17) is 18.9 Å². The van der Waals surface area contributed by atoms with E-state index in [-0.39, 0.29) is 42.2 Å². The number of nitrogens with one attached hydrogen (secondary N) is 1. The van der Waals surface area contributed by atoms with Gasteiger partial charge in [-0.1, -0.05) is 60.4 Å². The first-order chi connectivity index (χ1) is 30.4. The number of hydrogen-bond acceptors (Lipinski definition) is 12. The van der Waals surface area contributed by atoms with E-state index in [0.29, 0.717) is 116 Å². The molecule has 0 bridgehead atoms. The number of carbonyl (C=O) groups is 3. The number of ether oxygens (including phenoxy) is 4. The number of carboxylic acid groups (broad SMARTS) is 1. The summed E-state index contributed by atoms with van der Waals surface area (Å²) in [5.41, 5.74) is 5.38. The van der Waals surface area contributed by atoms with Gasteiger partial charge in [0.05, 0.1) is 63.7 Å². The number of pyridine rings is 2. The van der Waals surface area contributed by atoms with Crippen LogP contribution in [0.1, 0.15) is 62.9 Å². The molecule has 1 saturated heterocycles. The summed E-state index contributed by atoms with van der Waals surface area (Å²) in [5, 5.41) is 12.4. The molecule has 1 aliphatic heterocycles. The van der Waals surface area contributed by atoms with E-state index in [1.54, 1.807) is 24.0 Å². The largest absolute Gasteiger partial charge is 0.477 e. The van der Waals surface area contributed by atoms with Crippen LogP contribution in [0.5, 0.6) is 0 Å². The summed E-state index contributed by atoms with van der Waals surface area (Å²) >= 11 is 1.68. The summed E-state index contributed by atoms with van der Waals surface area (Å²) in [4.78, 5) is 51.4. The minimum absolute atomic E-state index is 0.00830. The van der Waals surface area contributed by atoms with Crippen molar-refractivity contribution in [3.05, 3.63) is 130 Å². The van der Waals surface area contributed by atoms with Crippen LogP contribution >= 0.6 is 11.8 Å². The highest BCUT2D eigenvalue weighted by Gasteiger charge is 2.25. The first-order valence-electron chi connectivity index (χ1n) is 21.4. The van der Waals surface area contributed by atoms with Gasteiger partial charge in [-0.3, -0.25) is 24.4 Å². The van der Waals surface area contributed by atoms with Crippen LogP contribution in [0.2, 0.25) is 0 Å². The van der Waals surface area contributed by atoms with E-state index in [2.05, 4.69) is 36.9 Å². The monoisotopic (exact) mass is 863 g/mol. The average molecular weight is 864 g/mol. The third-order valence-corrected chi connectivity index (χ3v) is 11.7. The standard InChI is InChI=1S/C48H57N5O8S/c54-46(44-32-39-10-2-1-8-37(39)15-16-38-9-3-4-13-43(38)44)17-18-47(55)50-20-31-62-36-42-35-60-27-23-52(34-41-12-7-14-45(51-41)48(56)57)21-25-58-29-30-59-26-22-53(24-28-61-42)33-40-11-5-6-19-49-40/h1-14,19,42,44H,17-18,20-36H2,(H,50,55)(H,56,57)/t42-,44?/m0/s1. The topological polar surface area (TPSA) is 153 Å². The molecule has 0 radical (unpaired) electrons. The van der Waals surface area contributed by atoms with Crippen molar-refractivity contribution in [2.75, 3.05) is 90.5 Å². The molecule has 1 unspecified atom stereocenters. The van der Waals surface area contributed by atoms with Crippen LogP contribution in [0.25, 0.3) is 0 Å². The Morgan fingerprint density at radius 2 is 1.42 bits per heavy atom. The Kier molecular flexibility index (Phi) is 19.4. The van der Waals surface area contributed by atoms with Crippen LogP contribution < -0.4 is 5.32 Å². The zero-order valence-corrected chi connectivity index (χ0v) is 36.1. The SMILES string of the molecule is O=C(CCC(=O)C1Cc2ccccc2C#Cc2ccccc21)NCCSC[C@@H]1COCCN(Cc2cccc(C(=O)O)n2)CCOCCOCCN(Cc2ccccn2)CCO1. The number of amides is 1. The molecular formula is C48H57N5O8S. The van der Waals surface area contributed by atoms with Gasteiger partial charge < -0.3 is 29.4 Å². The molecule has 328 valence electrons. The number of carbonyl (C=O) groups excluding carboxylic acids is 2. The van der Waals surface area contributed by atoms with Gasteiger partial charge in [0.2, 0.25) is 5.91 Å². The zero-order valence-electron chi connectivity index (χ0n) is 35.3. The summed E-state index contributed by atoms with van der Waals surface area (Å²) in [6.07, 6.45) is 2.43. The Labute approximate surface area is 368 Å². The molecule has 2 aliphatic rings. The minimum atomic E-state index is -1.06. The van der Waals surface area contributed by atoms with Crippen LogP contribution in [0.15, 0.2) is 91.1 Å². The Morgan fingerprint density at radius 3 is 2.19 bits per heavy atom. The molecule has 1 amide bonds. The second kappa shape index (κ2) is 25.8. The summed E-state index contributed by atoms with van der Waals surface area (Å²) < 4.78 is 24.5. The Balaban J connectivity index is 0.990. The number of aromatic nitrogens is 2. The van der Waals surface area contributed by atoms with Gasteiger partial charge in [-0.2, -0.15) is 11.8 Å². The molecule has 62 heavy (non-hydrogen) atoms. The Bertz CT molecular complexity index is 2100. The van der Waals surface area contributed by atoms with Gasteiger partial charge in [-0.15, -0.1) is 0 Å². The number of benzene rings is 2. The second-order valence-electron chi connectivity index (χ2n) is 15.1. The van der Waals surface area contributed by atoms with E-state index in [9.17, 15) is 19.5 Å². The van der Waals surface area contributed by atoms with E-state index < -0.39 is 5.97 Å². The number of rotatable bonds is 14. The van der Waals surface area contributed by atoms with Gasteiger partial charge >= 0.3 is 5.97 Å². The molecule has 3 heterocycles. The first-order valence-corrected chi connectivity index (χ1v) is 22.5. The lowest BCUT2D eigenvalue weighted by Crippen LogP contribution is -2.35. The number of aromatic carboxylic acids is 1. The highest BCUT2D eigenvalue weighted by Crippen LogP contribution is 2.29. The number of nitrogens with zero attached hydrogens (tertiary/aromatic N) is 4. The van der Waals surface area contributed by atoms with E-state index in [1.807, 2.05) is 72.8 Å². The lowest BCUT2D eigenvalue weighted by molar-refractivity contribution is -0.126. The number of hydrogen-bond donors (Lipinski definition) is 2. The molecule has 14 heteroatoms. The van der Waals surface area contributed by atoms with Crippen LogP contribution in [0.4, 0.5) is 0 Å². The lowest BCUT2D eigenvalue weighted by Gasteiger charge is -2.25. The molecule has 6 rings (SSSR count). The minimum Gasteiger partial charge on any atom is -0.477 e. The fourth-order valence-corrected chi connectivity index (χ4v) is 8.12. The molecule has 0 saturated carbocycles. The van der Waals surface area contributed by atoms with E-state index in [0.717, 1.165) is 27.9 Å². The Morgan fingerprint density at radius 1 is 0.742 bits per heavy atom. The normalized spacial score (nSPS) is 18.6. The fourth-order valence-electron chi connectivity index (χ4n) is 7.25. The lowest BCUT2D eigenvalue weighted by atomic mass is 9.82. The van der Waals surface area contributed by atoms with Gasteiger partial charge in [0, 0.05) is 93.4 Å². The van der Waals surface area contributed by atoms with Gasteiger partial charge in [0.25, 0.3) is 0 Å². The molecule has 2 atom stereocenters. The van der Waals surface area contributed by atoms with Gasteiger partial charge in [0.1, 0.15) is 11.5 Å². The van der Waals surface area contributed by atoms with Crippen LogP contribution in [0, 0.1) is 11.8 Å². The maximum absolute atomic E-state index is 13.7. The second-order valence-corrected chi connectivity index (χ2v) is 16.3. The van der Waals surface area contributed by atoms with Crippen molar-refractivity contribution in [2.24, 2.45) is 0 Å². The van der Waals surface area contributed by atoms with Crippen molar-refractivity contribution in [1.29, 1.82) is 0 Å². The van der Waals surface area contributed by atoms with Crippen LogP contribution in [-0.2, 0) is 48.0 Å². The molecular weight excluding hydrogens is 807 g/mol. The zero-order chi connectivity index (χ0) is 43.2. The number of fused-ring (bicyclic) bond motifs is 2. The first kappa shape index (κ1) is 46.5. The number of carboxylic acids is 1. The molecule has 1 aliphatic carbocycles. The third kappa shape index (κ3) is 15.7. The van der Waals surface area contributed by atoms with Crippen molar-refractivity contribution in [2.45, 2.75) is 44.4 Å². The smallest absolute Gasteiger partial charge is 0.354 e. The average Bonchev–Trinajstić information content (AvgIpc) is 3.28. The third-order valence-electron chi connectivity index (χ3n) is 10.6. The van der Waals surface area contributed by atoms with Crippen molar-refractivity contribution in [3.63, 3.8) is 0 Å². The molecule has 4 aromatic rings. The number of thioether (sulfide) groups is 1. The summed E-state index contributed by atoms with van der Waals surface area (Å²) in [6, 6.07) is 26.7. The highest BCUT2D eigenvalue weighted by atomic mass is 32.2. The predicted molar refractivity (Wildman–Crippen MR) is 238 cm³/mol. The molecule has 2 aromatic heterocycles. The van der Waals surface area contributed by atoms with Crippen LogP contribution in [-0.4, -0.2) is 139 Å².